The van der Waals surface area contributed by atoms with E-state index >= 15 is 0 Å². The highest BCUT2D eigenvalue weighted by atomic mass is 35.5. The number of nitrogens with one attached hydrogen (secondary N) is 1. The van der Waals surface area contributed by atoms with Crippen molar-refractivity contribution in [2.24, 2.45) is 5.73 Å². The summed E-state index contributed by atoms with van der Waals surface area (Å²) in [5.74, 6) is -0.00802. The molecule has 1 amide bonds. The van der Waals surface area contributed by atoms with Crippen LogP contribution in [-0.4, -0.2) is 18.2 Å². The molecular weight excluding hydrogens is 276 g/mol. The van der Waals surface area contributed by atoms with Crippen molar-refractivity contribution in [2.45, 2.75) is 39.0 Å². The van der Waals surface area contributed by atoms with Crippen molar-refractivity contribution in [1.29, 1.82) is 0 Å². The van der Waals surface area contributed by atoms with Gasteiger partial charge in [-0.2, -0.15) is 0 Å². The minimum Gasteiger partial charge on any atom is -0.330 e. The van der Waals surface area contributed by atoms with Crippen LogP contribution in [0, 0.1) is 0 Å². The smallest absolute Gasteiger partial charge is 0.224 e. The SMILES string of the molecule is CC(=O)c1cccc(NC(=O)CCCCCCN)c1.Cl. The Morgan fingerprint density at radius 3 is 2.50 bits per heavy atom. The van der Waals surface area contributed by atoms with E-state index in [4.69, 9.17) is 5.73 Å². The molecule has 0 aliphatic carbocycles. The van der Waals surface area contributed by atoms with Crippen LogP contribution in [0.3, 0.4) is 0 Å². The molecule has 0 fully saturated rings. The van der Waals surface area contributed by atoms with Gasteiger partial charge in [0.2, 0.25) is 5.91 Å². The summed E-state index contributed by atoms with van der Waals surface area (Å²) in [7, 11) is 0. The van der Waals surface area contributed by atoms with E-state index in [2.05, 4.69) is 5.32 Å². The first kappa shape index (κ1) is 18.6. The van der Waals surface area contributed by atoms with E-state index in [0.29, 0.717) is 24.2 Å². The number of benzene rings is 1. The Balaban J connectivity index is 0.00000361. The third-order valence-corrected chi connectivity index (χ3v) is 2.91. The Hall–Kier alpha value is -1.39. The van der Waals surface area contributed by atoms with Crippen molar-refractivity contribution in [3.63, 3.8) is 0 Å². The number of carbonyl (C=O) groups is 2. The molecule has 0 heterocycles. The molecule has 0 bridgehead atoms. The van der Waals surface area contributed by atoms with Crippen molar-refractivity contribution in [1.82, 2.24) is 0 Å². The van der Waals surface area contributed by atoms with Gasteiger partial charge in [0.15, 0.2) is 5.78 Å². The van der Waals surface area contributed by atoms with Gasteiger partial charge in [0, 0.05) is 17.7 Å². The Kier molecular flexibility index (Phi) is 9.68. The first-order valence-electron chi connectivity index (χ1n) is 6.74. The molecule has 5 heteroatoms. The van der Waals surface area contributed by atoms with Crippen LogP contribution in [0.1, 0.15) is 49.4 Å². The molecule has 1 rings (SSSR count). The molecule has 4 nitrogen and oxygen atoms in total. The lowest BCUT2D eigenvalue weighted by Crippen LogP contribution is -2.11. The minimum absolute atomic E-state index is 0. The Bertz CT molecular complexity index is 436. The maximum atomic E-state index is 11.7. The number of hydrogen-bond acceptors (Lipinski definition) is 3. The lowest BCUT2D eigenvalue weighted by molar-refractivity contribution is -0.116. The minimum atomic E-state index is -0.00606. The van der Waals surface area contributed by atoms with Crippen LogP contribution in [0.25, 0.3) is 0 Å². The quantitative estimate of drug-likeness (QED) is 0.572. The topological polar surface area (TPSA) is 72.2 Å². The summed E-state index contributed by atoms with van der Waals surface area (Å²) in [6.45, 7) is 2.22. The van der Waals surface area contributed by atoms with Crippen molar-refractivity contribution in [2.75, 3.05) is 11.9 Å². The predicted molar refractivity (Wildman–Crippen MR) is 84.5 cm³/mol. The fourth-order valence-electron chi connectivity index (χ4n) is 1.82. The Labute approximate surface area is 126 Å². The molecule has 0 spiro atoms. The normalized spacial score (nSPS) is 9.70. The van der Waals surface area contributed by atoms with Crippen molar-refractivity contribution in [3.05, 3.63) is 29.8 Å². The lowest BCUT2D eigenvalue weighted by atomic mass is 10.1. The predicted octanol–water partition coefficient (Wildman–Crippen LogP) is 3.16. The summed E-state index contributed by atoms with van der Waals surface area (Å²) in [5.41, 5.74) is 6.70. The fraction of sp³-hybridized carbons (Fsp3) is 0.467. The van der Waals surface area contributed by atoms with E-state index in [1.165, 1.54) is 6.92 Å². The molecule has 1 aromatic rings. The molecule has 0 saturated heterocycles. The average Bonchev–Trinajstić information content (AvgIpc) is 2.38. The van der Waals surface area contributed by atoms with E-state index in [1.54, 1.807) is 24.3 Å². The second-order valence-corrected chi connectivity index (χ2v) is 4.64. The van der Waals surface area contributed by atoms with Crippen LogP contribution in [0.15, 0.2) is 24.3 Å². The molecule has 0 aliphatic heterocycles. The van der Waals surface area contributed by atoms with Gasteiger partial charge in [-0.3, -0.25) is 9.59 Å². The number of hydrogen-bond donors (Lipinski definition) is 2. The van der Waals surface area contributed by atoms with E-state index in [9.17, 15) is 9.59 Å². The molecule has 0 unspecified atom stereocenters. The molecule has 1 aromatic carbocycles. The van der Waals surface area contributed by atoms with Gasteiger partial charge in [-0.25, -0.2) is 0 Å². The summed E-state index contributed by atoms with van der Waals surface area (Å²) in [6, 6.07) is 7.01. The molecular formula is C15H23ClN2O2. The molecule has 3 N–H and O–H groups in total. The summed E-state index contributed by atoms with van der Waals surface area (Å²) in [6.07, 6.45) is 4.50. The average molecular weight is 299 g/mol. The van der Waals surface area contributed by atoms with E-state index in [1.807, 2.05) is 0 Å². The Morgan fingerprint density at radius 1 is 1.15 bits per heavy atom. The highest BCUT2D eigenvalue weighted by Gasteiger charge is 2.04. The van der Waals surface area contributed by atoms with Crippen LogP contribution in [0.2, 0.25) is 0 Å². The number of halogens is 1. The summed E-state index contributed by atoms with van der Waals surface area (Å²) in [5, 5.41) is 2.81. The number of rotatable bonds is 8. The molecule has 0 saturated carbocycles. The van der Waals surface area contributed by atoms with Gasteiger partial charge in [-0.05, 0) is 38.4 Å². The summed E-state index contributed by atoms with van der Waals surface area (Å²) >= 11 is 0. The number of amides is 1. The fourth-order valence-corrected chi connectivity index (χ4v) is 1.82. The van der Waals surface area contributed by atoms with Gasteiger partial charge in [-0.15, -0.1) is 12.4 Å². The van der Waals surface area contributed by atoms with Gasteiger partial charge in [0.1, 0.15) is 0 Å². The zero-order valence-electron chi connectivity index (χ0n) is 11.9. The van der Waals surface area contributed by atoms with Gasteiger partial charge < -0.3 is 11.1 Å². The van der Waals surface area contributed by atoms with Crippen molar-refractivity contribution < 1.29 is 9.59 Å². The molecule has 20 heavy (non-hydrogen) atoms. The summed E-state index contributed by atoms with van der Waals surface area (Å²) < 4.78 is 0. The third-order valence-electron chi connectivity index (χ3n) is 2.91. The largest absolute Gasteiger partial charge is 0.330 e. The van der Waals surface area contributed by atoms with E-state index in [-0.39, 0.29) is 24.1 Å². The van der Waals surface area contributed by atoms with Gasteiger partial charge >= 0.3 is 0 Å². The van der Waals surface area contributed by atoms with Crippen LogP contribution < -0.4 is 11.1 Å². The first-order valence-corrected chi connectivity index (χ1v) is 6.74. The van der Waals surface area contributed by atoms with E-state index in [0.717, 1.165) is 25.7 Å². The standard InChI is InChI=1S/C15H22N2O2.ClH/c1-12(18)13-7-6-8-14(11-13)17-15(19)9-4-2-3-5-10-16;/h6-8,11H,2-5,9-10,16H2,1H3,(H,17,19);1H. The number of ketones is 1. The maximum Gasteiger partial charge on any atom is 0.224 e. The molecule has 0 radical (unpaired) electrons. The number of anilines is 1. The highest BCUT2D eigenvalue weighted by molar-refractivity contribution is 5.97. The van der Waals surface area contributed by atoms with Crippen molar-refractivity contribution >= 4 is 29.8 Å². The van der Waals surface area contributed by atoms with Gasteiger partial charge in [0.05, 0.1) is 0 Å². The molecule has 0 atom stereocenters. The maximum absolute atomic E-state index is 11.7. The molecule has 0 aromatic heterocycles. The summed E-state index contributed by atoms with van der Waals surface area (Å²) in [4.78, 5) is 22.9. The molecule has 112 valence electrons. The highest BCUT2D eigenvalue weighted by Crippen LogP contribution is 2.12. The van der Waals surface area contributed by atoms with Crippen LogP contribution in [0.5, 0.6) is 0 Å². The number of carbonyl (C=O) groups excluding carboxylic acids is 2. The number of Topliss-reactive ketones (excluding diaryl/α,β-unsaturated/α-hetero) is 1. The zero-order chi connectivity index (χ0) is 14.1. The van der Waals surface area contributed by atoms with Crippen LogP contribution >= 0.6 is 12.4 Å². The second-order valence-electron chi connectivity index (χ2n) is 4.64. The van der Waals surface area contributed by atoms with Crippen LogP contribution in [0.4, 0.5) is 5.69 Å². The van der Waals surface area contributed by atoms with Crippen LogP contribution in [-0.2, 0) is 4.79 Å². The van der Waals surface area contributed by atoms with Gasteiger partial charge in [0.25, 0.3) is 0 Å². The monoisotopic (exact) mass is 298 g/mol. The van der Waals surface area contributed by atoms with Gasteiger partial charge in [-0.1, -0.05) is 25.0 Å². The lowest BCUT2D eigenvalue weighted by Gasteiger charge is -2.06. The number of unbranched alkanes of at least 4 members (excludes halogenated alkanes) is 3. The zero-order valence-corrected chi connectivity index (χ0v) is 12.7. The van der Waals surface area contributed by atoms with Crippen molar-refractivity contribution in [3.8, 4) is 0 Å². The van der Waals surface area contributed by atoms with E-state index < -0.39 is 0 Å². The number of nitrogens with two attached hydrogens (primary N) is 1. The molecule has 0 aliphatic rings. The Morgan fingerprint density at radius 2 is 1.85 bits per heavy atom. The third kappa shape index (κ3) is 7.26. The second kappa shape index (κ2) is 10.4. The first-order chi connectivity index (χ1) is 9.13.